The van der Waals surface area contributed by atoms with Gasteiger partial charge in [-0.25, -0.2) is 12.8 Å². The van der Waals surface area contributed by atoms with Crippen molar-refractivity contribution in [1.82, 2.24) is 9.62 Å². The van der Waals surface area contributed by atoms with Gasteiger partial charge in [-0.2, -0.15) is 4.31 Å². The average Bonchev–Trinajstić information content (AvgIpc) is 2.39. The predicted molar refractivity (Wildman–Crippen MR) is 76.5 cm³/mol. The van der Waals surface area contributed by atoms with Gasteiger partial charge >= 0.3 is 0 Å². The summed E-state index contributed by atoms with van der Waals surface area (Å²) < 4.78 is 40.0. The molecule has 1 fully saturated rings. The van der Waals surface area contributed by atoms with Gasteiger partial charge in [0.05, 0.1) is 4.90 Å². The molecule has 1 saturated heterocycles. The third kappa shape index (κ3) is 3.19. The summed E-state index contributed by atoms with van der Waals surface area (Å²) in [5.41, 5.74) is 0.459. The summed E-state index contributed by atoms with van der Waals surface area (Å²) in [5.74, 6) is -0.0718. The number of nitrogens with zero attached hydrogens (tertiary/aromatic N) is 1. The fourth-order valence-electron chi connectivity index (χ4n) is 2.74. The molecule has 1 aliphatic rings. The molecule has 112 valence electrons. The van der Waals surface area contributed by atoms with Crippen LogP contribution in [0.2, 0.25) is 0 Å². The van der Waals surface area contributed by atoms with Crippen LogP contribution in [-0.4, -0.2) is 39.4 Å². The molecule has 2 rings (SSSR count). The maximum absolute atomic E-state index is 13.1. The van der Waals surface area contributed by atoms with Gasteiger partial charge in [0.1, 0.15) is 5.82 Å². The number of hydrogen-bond donors (Lipinski definition) is 1. The van der Waals surface area contributed by atoms with Crippen molar-refractivity contribution in [2.24, 2.45) is 5.92 Å². The van der Waals surface area contributed by atoms with E-state index in [1.807, 2.05) is 7.05 Å². The van der Waals surface area contributed by atoms with Crippen LogP contribution in [0, 0.1) is 18.7 Å². The summed E-state index contributed by atoms with van der Waals surface area (Å²) in [4.78, 5) is 0.212. The molecule has 0 saturated carbocycles. The van der Waals surface area contributed by atoms with Crippen LogP contribution in [-0.2, 0) is 10.0 Å². The topological polar surface area (TPSA) is 49.4 Å². The highest BCUT2D eigenvalue weighted by molar-refractivity contribution is 7.89. The lowest BCUT2D eigenvalue weighted by molar-refractivity contribution is 0.263. The highest BCUT2D eigenvalue weighted by Gasteiger charge is 2.30. The zero-order chi connectivity index (χ0) is 14.8. The highest BCUT2D eigenvalue weighted by Crippen LogP contribution is 2.25. The molecule has 0 spiro atoms. The van der Waals surface area contributed by atoms with Crippen LogP contribution in [0.15, 0.2) is 23.1 Å². The van der Waals surface area contributed by atoms with Crippen molar-refractivity contribution >= 4 is 10.0 Å². The first-order chi connectivity index (χ1) is 9.45. The Labute approximate surface area is 120 Å². The molecule has 0 bridgehead atoms. The Hall–Kier alpha value is -0.980. The zero-order valence-corrected chi connectivity index (χ0v) is 12.7. The van der Waals surface area contributed by atoms with Gasteiger partial charge in [0.25, 0.3) is 0 Å². The first-order valence-corrected chi connectivity index (χ1v) is 8.30. The second-order valence-electron chi connectivity index (χ2n) is 5.34. The lowest BCUT2D eigenvalue weighted by Gasteiger charge is -2.32. The van der Waals surface area contributed by atoms with Crippen LogP contribution in [0.25, 0.3) is 0 Å². The van der Waals surface area contributed by atoms with E-state index in [9.17, 15) is 12.8 Å². The Morgan fingerprint density at radius 2 is 2.20 bits per heavy atom. The van der Waals surface area contributed by atoms with Crippen molar-refractivity contribution in [2.75, 3.05) is 26.7 Å². The Kier molecular flexibility index (Phi) is 4.78. The van der Waals surface area contributed by atoms with Crippen molar-refractivity contribution < 1.29 is 12.8 Å². The summed E-state index contributed by atoms with van der Waals surface area (Å²) in [5, 5.41) is 3.10. The molecule has 20 heavy (non-hydrogen) atoms. The number of aryl methyl sites for hydroxylation is 1. The number of hydrogen-bond acceptors (Lipinski definition) is 3. The number of rotatable bonds is 4. The second-order valence-corrected chi connectivity index (χ2v) is 7.25. The minimum absolute atomic E-state index is 0.212. The molecule has 6 heteroatoms. The van der Waals surface area contributed by atoms with Gasteiger partial charge < -0.3 is 5.32 Å². The molecule has 1 aliphatic heterocycles. The quantitative estimate of drug-likeness (QED) is 0.922. The SMILES string of the molecule is CNC[C@H]1CCCN(S(=O)(=O)c2ccc(F)cc2C)C1. The van der Waals surface area contributed by atoms with Gasteiger partial charge in [-0.1, -0.05) is 0 Å². The number of halogens is 1. The van der Waals surface area contributed by atoms with Crippen LogP contribution in [0.5, 0.6) is 0 Å². The monoisotopic (exact) mass is 300 g/mol. The first-order valence-electron chi connectivity index (χ1n) is 6.86. The van der Waals surface area contributed by atoms with E-state index >= 15 is 0 Å². The standard InChI is InChI=1S/C14H21FN2O2S/c1-11-8-13(15)5-6-14(11)20(18,19)17-7-3-4-12(10-17)9-16-2/h5-6,8,12,16H,3-4,7,9-10H2,1-2H3/t12-/m1/s1. The molecular weight excluding hydrogens is 279 g/mol. The zero-order valence-electron chi connectivity index (χ0n) is 11.9. The Morgan fingerprint density at radius 1 is 1.45 bits per heavy atom. The van der Waals surface area contributed by atoms with Gasteiger partial charge in [-0.3, -0.25) is 0 Å². The first kappa shape index (κ1) is 15.4. The van der Waals surface area contributed by atoms with Crippen LogP contribution < -0.4 is 5.32 Å². The maximum Gasteiger partial charge on any atom is 0.243 e. The second kappa shape index (κ2) is 6.20. The van der Waals surface area contributed by atoms with Crippen LogP contribution in [0.3, 0.4) is 0 Å². The molecule has 1 aromatic carbocycles. The molecule has 4 nitrogen and oxygen atoms in total. The van der Waals surface area contributed by atoms with Gasteiger partial charge in [0.15, 0.2) is 0 Å². The van der Waals surface area contributed by atoms with E-state index in [0.717, 1.165) is 19.4 Å². The van der Waals surface area contributed by atoms with Gasteiger partial charge in [-0.15, -0.1) is 0 Å². The van der Waals surface area contributed by atoms with Gasteiger partial charge in [0.2, 0.25) is 10.0 Å². The predicted octanol–water partition coefficient (Wildman–Crippen LogP) is 1.75. The third-order valence-corrected chi connectivity index (χ3v) is 5.75. The number of sulfonamides is 1. The molecule has 1 atom stereocenters. The van der Waals surface area contributed by atoms with Crippen molar-refractivity contribution in [2.45, 2.75) is 24.7 Å². The van der Waals surface area contributed by atoms with Crippen LogP contribution in [0.4, 0.5) is 4.39 Å². The minimum Gasteiger partial charge on any atom is -0.319 e. The largest absolute Gasteiger partial charge is 0.319 e. The summed E-state index contributed by atoms with van der Waals surface area (Å²) in [6.07, 6.45) is 1.90. The average molecular weight is 300 g/mol. The van der Waals surface area contributed by atoms with E-state index < -0.39 is 15.8 Å². The smallest absolute Gasteiger partial charge is 0.243 e. The summed E-state index contributed by atoms with van der Waals surface area (Å²) in [6, 6.07) is 3.83. The Morgan fingerprint density at radius 3 is 2.85 bits per heavy atom. The van der Waals surface area contributed by atoms with Crippen LogP contribution in [0.1, 0.15) is 18.4 Å². The van der Waals surface area contributed by atoms with E-state index in [1.165, 1.54) is 22.5 Å². The third-order valence-electron chi connectivity index (χ3n) is 3.73. The maximum atomic E-state index is 13.1. The Bertz CT molecular complexity index is 573. The van der Waals surface area contributed by atoms with E-state index in [0.29, 0.717) is 24.6 Å². The van der Waals surface area contributed by atoms with E-state index in [-0.39, 0.29) is 4.90 Å². The highest BCUT2D eigenvalue weighted by atomic mass is 32.2. The lowest BCUT2D eigenvalue weighted by Crippen LogP contribution is -2.42. The molecule has 0 aromatic heterocycles. The Balaban J connectivity index is 2.25. The minimum atomic E-state index is -3.52. The molecule has 0 aliphatic carbocycles. The van der Waals surface area contributed by atoms with Crippen LogP contribution >= 0.6 is 0 Å². The summed E-state index contributed by atoms with van der Waals surface area (Å²) >= 11 is 0. The molecule has 0 amide bonds. The fraction of sp³-hybridized carbons (Fsp3) is 0.571. The number of nitrogens with one attached hydrogen (secondary N) is 1. The molecular formula is C14H21FN2O2S. The molecule has 1 heterocycles. The molecule has 0 radical (unpaired) electrons. The number of piperidine rings is 1. The molecule has 1 N–H and O–H groups in total. The summed E-state index contributed by atoms with van der Waals surface area (Å²) in [7, 11) is -1.65. The van der Waals surface area contributed by atoms with Crippen molar-refractivity contribution in [3.63, 3.8) is 0 Å². The van der Waals surface area contributed by atoms with Gasteiger partial charge in [-0.05, 0) is 63.0 Å². The fourth-order valence-corrected chi connectivity index (χ4v) is 4.50. The normalized spacial score (nSPS) is 21.1. The van der Waals surface area contributed by atoms with Crippen molar-refractivity contribution in [1.29, 1.82) is 0 Å². The van der Waals surface area contributed by atoms with Gasteiger partial charge in [0, 0.05) is 13.1 Å². The van der Waals surface area contributed by atoms with E-state index in [2.05, 4.69) is 5.32 Å². The lowest BCUT2D eigenvalue weighted by atomic mass is 10.00. The number of benzene rings is 1. The molecule has 1 aromatic rings. The van der Waals surface area contributed by atoms with Crippen molar-refractivity contribution in [3.8, 4) is 0 Å². The summed E-state index contributed by atoms with van der Waals surface area (Å²) in [6.45, 7) is 3.51. The van der Waals surface area contributed by atoms with Crippen molar-refractivity contribution in [3.05, 3.63) is 29.6 Å². The molecule has 0 unspecified atom stereocenters. The van der Waals surface area contributed by atoms with E-state index in [1.54, 1.807) is 6.92 Å². The van der Waals surface area contributed by atoms with E-state index in [4.69, 9.17) is 0 Å².